The van der Waals surface area contributed by atoms with Crippen molar-refractivity contribution < 1.29 is 22.7 Å². The smallest absolute Gasteiger partial charge is 0.260 e. The maximum Gasteiger partial charge on any atom is 0.260 e. The lowest BCUT2D eigenvalue weighted by atomic mass is 10.1. The van der Waals surface area contributed by atoms with Crippen LogP contribution in [0.1, 0.15) is 29.4 Å². The zero-order valence-corrected chi connectivity index (χ0v) is 18.0. The van der Waals surface area contributed by atoms with Gasteiger partial charge in [0.1, 0.15) is 11.5 Å². The Bertz CT molecular complexity index is 982. The third-order valence-corrected chi connectivity index (χ3v) is 7.02. The fourth-order valence-electron chi connectivity index (χ4n) is 3.50. The third-order valence-electron chi connectivity index (χ3n) is 5.27. The highest BCUT2D eigenvalue weighted by Gasteiger charge is 2.31. The summed E-state index contributed by atoms with van der Waals surface area (Å²) < 4.78 is 36.1. The van der Waals surface area contributed by atoms with Gasteiger partial charge < -0.3 is 14.4 Å². The van der Waals surface area contributed by atoms with E-state index in [9.17, 15) is 13.2 Å². The molecule has 8 nitrogen and oxygen atoms in total. The SMILES string of the molecule is COc1ccc(OCC(=O)N(C)Cc2c(C)nn([C@@H]3CCS(=O)(=O)C3)c2C)cc1. The molecule has 0 radical (unpaired) electrons. The van der Waals surface area contributed by atoms with E-state index < -0.39 is 9.84 Å². The Kier molecular flexibility index (Phi) is 6.16. The van der Waals surface area contributed by atoms with E-state index in [0.717, 1.165) is 22.7 Å². The van der Waals surface area contributed by atoms with Crippen molar-refractivity contribution in [3.05, 3.63) is 41.2 Å². The van der Waals surface area contributed by atoms with E-state index in [-0.39, 0.29) is 30.1 Å². The number of benzene rings is 1. The quantitative estimate of drug-likeness (QED) is 0.678. The van der Waals surface area contributed by atoms with Crippen LogP contribution in [0.2, 0.25) is 0 Å². The number of hydrogen-bond donors (Lipinski definition) is 0. The normalized spacial score (nSPS) is 17.9. The van der Waals surface area contributed by atoms with E-state index in [1.165, 1.54) is 0 Å². The van der Waals surface area contributed by atoms with Gasteiger partial charge in [-0.2, -0.15) is 5.10 Å². The zero-order valence-electron chi connectivity index (χ0n) is 17.2. The van der Waals surface area contributed by atoms with Crippen molar-refractivity contribution in [3.63, 3.8) is 0 Å². The topological polar surface area (TPSA) is 90.7 Å². The lowest BCUT2D eigenvalue weighted by Crippen LogP contribution is -2.31. The van der Waals surface area contributed by atoms with Crippen molar-refractivity contribution in [1.82, 2.24) is 14.7 Å². The van der Waals surface area contributed by atoms with Crippen molar-refractivity contribution in [3.8, 4) is 11.5 Å². The standard InChI is InChI=1S/C20H27N3O5S/c1-14-19(15(2)23(21-14)16-9-10-29(25,26)13-16)11-22(3)20(24)12-28-18-7-5-17(27-4)6-8-18/h5-8,16H,9-13H2,1-4H3/t16-/m1/s1. The molecule has 1 aliphatic rings. The number of rotatable bonds is 7. The molecule has 1 aromatic carbocycles. The van der Waals surface area contributed by atoms with Gasteiger partial charge in [-0.25, -0.2) is 8.42 Å². The maximum atomic E-state index is 12.5. The van der Waals surface area contributed by atoms with E-state index >= 15 is 0 Å². The highest BCUT2D eigenvalue weighted by atomic mass is 32.2. The molecule has 1 aromatic heterocycles. The van der Waals surface area contributed by atoms with Gasteiger partial charge in [0.2, 0.25) is 0 Å². The number of carbonyl (C=O) groups excluding carboxylic acids is 1. The molecule has 0 N–H and O–H groups in total. The first-order valence-electron chi connectivity index (χ1n) is 9.46. The Morgan fingerprint density at radius 2 is 1.90 bits per heavy atom. The van der Waals surface area contributed by atoms with Crippen molar-refractivity contribution in [2.45, 2.75) is 32.9 Å². The summed E-state index contributed by atoms with van der Waals surface area (Å²) in [4.78, 5) is 14.1. The van der Waals surface area contributed by atoms with Gasteiger partial charge in [-0.3, -0.25) is 9.48 Å². The second kappa shape index (κ2) is 8.44. The van der Waals surface area contributed by atoms with Crippen LogP contribution in [0.3, 0.4) is 0 Å². The molecule has 1 fully saturated rings. The molecule has 1 saturated heterocycles. The summed E-state index contributed by atoms with van der Waals surface area (Å²) in [5.74, 6) is 1.48. The number of amides is 1. The number of likely N-dealkylation sites (N-methyl/N-ethyl adjacent to an activating group) is 1. The van der Waals surface area contributed by atoms with Gasteiger partial charge in [-0.05, 0) is 44.5 Å². The van der Waals surface area contributed by atoms with Gasteiger partial charge in [0.25, 0.3) is 5.91 Å². The van der Waals surface area contributed by atoms with E-state index in [0.29, 0.717) is 18.7 Å². The monoisotopic (exact) mass is 421 g/mol. The minimum atomic E-state index is -2.99. The summed E-state index contributed by atoms with van der Waals surface area (Å²) in [6.45, 7) is 4.12. The Labute approximate surface area is 171 Å². The van der Waals surface area contributed by atoms with E-state index in [1.54, 1.807) is 48.0 Å². The molecule has 0 spiro atoms. The molecule has 3 rings (SSSR count). The molecule has 0 saturated carbocycles. The fourth-order valence-corrected chi connectivity index (χ4v) is 5.19. The van der Waals surface area contributed by atoms with Crippen molar-refractivity contribution in [1.29, 1.82) is 0 Å². The van der Waals surface area contributed by atoms with Crippen LogP contribution in [-0.2, 0) is 21.2 Å². The fraction of sp³-hybridized carbons (Fsp3) is 0.500. The van der Waals surface area contributed by atoms with E-state index in [2.05, 4.69) is 5.10 Å². The number of nitrogens with zero attached hydrogens (tertiary/aromatic N) is 3. The minimum absolute atomic E-state index is 0.0735. The van der Waals surface area contributed by atoms with Crippen LogP contribution < -0.4 is 9.47 Å². The highest BCUT2D eigenvalue weighted by molar-refractivity contribution is 7.91. The lowest BCUT2D eigenvalue weighted by molar-refractivity contribution is -0.132. The Morgan fingerprint density at radius 3 is 2.48 bits per heavy atom. The van der Waals surface area contributed by atoms with Gasteiger partial charge in [-0.1, -0.05) is 0 Å². The van der Waals surface area contributed by atoms with Gasteiger partial charge >= 0.3 is 0 Å². The summed E-state index contributed by atoms with van der Waals surface area (Å²) in [7, 11) is 0.319. The van der Waals surface area contributed by atoms with Crippen LogP contribution in [0, 0.1) is 13.8 Å². The molecule has 29 heavy (non-hydrogen) atoms. The number of methoxy groups -OCH3 is 1. The van der Waals surface area contributed by atoms with Crippen LogP contribution in [0.5, 0.6) is 11.5 Å². The Morgan fingerprint density at radius 1 is 1.24 bits per heavy atom. The number of hydrogen-bond acceptors (Lipinski definition) is 6. The minimum Gasteiger partial charge on any atom is -0.497 e. The largest absolute Gasteiger partial charge is 0.497 e. The van der Waals surface area contributed by atoms with Crippen LogP contribution in [0.4, 0.5) is 0 Å². The average molecular weight is 422 g/mol. The van der Waals surface area contributed by atoms with Gasteiger partial charge in [-0.15, -0.1) is 0 Å². The third kappa shape index (κ3) is 4.90. The van der Waals surface area contributed by atoms with Crippen LogP contribution in [-0.4, -0.2) is 61.3 Å². The predicted octanol–water partition coefficient (Wildman–Crippen LogP) is 1.91. The van der Waals surface area contributed by atoms with Gasteiger partial charge in [0.05, 0.1) is 30.4 Å². The number of carbonyl (C=O) groups is 1. The summed E-state index contributed by atoms with van der Waals surface area (Å²) in [6.07, 6.45) is 0.578. The van der Waals surface area contributed by atoms with Crippen LogP contribution in [0.15, 0.2) is 24.3 Å². The van der Waals surface area contributed by atoms with Gasteiger partial charge in [0.15, 0.2) is 16.4 Å². The maximum absolute atomic E-state index is 12.5. The zero-order chi connectivity index (χ0) is 21.2. The first-order chi connectivity index (χ1) is 13.7. The molecule has 2 heterocycles. The lowest BCUT2D eigenvalue weighted by Gasteiger charge is -2.18. The van der Waals surface area contributed by atoms with Crippen LogP contribution in [0.25, 0.3) is 0 Å². The Balaban J connectivity index is 1.62. The summed E-state index contributed by atoms with van der Waals surface area (Å²) in [5, 5.41) is 4.55. The molecule has 1 atom stereocenters. The summed E-state index contributed by atoms with van der Waals surface area (Å²) in [6, 6.07) is 6.91. The molecule has 0 aliphatic carbocycles. The Hall–Kier alpha value is -2.55. The number of ether oxygens (including phenoxy) is 2. The van der Waals surface area contributed by atoms with Crippen molar-refractivity contribution >= 4 is 15.7 Å². The van der Waals surface area contributed by atoms with Crippen molar-refractivity contribution in [2.24, 2.45) is 0 Å². The molecule has 0 bridgehead atoms. The molecular formula is C20H27N3O5S. The first kappa shape index (κ1) is 21.2. The molecule has 1 amide bonds. The van der Waals surface area contributed by atoms with Gasteiger partial charge in [0, 0.05) is 24.8 Å². The highest BCUT2D eigenvalue weighted by Crippen LogP contribution is 2.27. The molecule has 2 aromatic rings. The number of aromatic nitrogens is 2. The molecular weight excluding hydrogens is 394 g/mol. The second-order valence-electron chi connectivity index (χ2n) is 7.36. The molecule has 1 aliphatic heterocycles. The van der Waals surface area contributed by atoms with Crippen molar-refractivity contribution in [2.75, 3.05) is 32.3 Å². The first-order valence-corrected chi connectivity index (χ1v) is 11.3. The molecule has 9 heteroatoms. The average Bonchev–Trinajstić information content (AvgIpc) is 3.19. The second-order valence-corrected chi connectivity index (χ2v) is 9.59. The summed E-state index contributed by atoms with van der Waals surface area (Å²) >= 11 is 0. The number of aryl methyl sites for hydroxylation is 1. The van der Waals surface area contributed by atoms with E-state index in [4.69, 9.17) is 9.47 Å². The summed E-state index contributed by atoms with van der Waals surface area (Å²) in [5.41, 5.74) is 2.65. The van der Waals surface area contributed by atoms with E-state index in [1.807, 2.05) is 13.8 Å². The number of sulfone groups is 1. The molecule has 158 valence electrons. The van der Waals surface area contributed by atoms with Crippen LogP contribution >= 0.6 is 0 Å². The predicted molar refractivity (Wildman–Crippen MR) is 109 cm³/mol. The molecule has 0 unspecified atom stereocenters.